The van der Waals surface area contributed by atoms with E-state index >= 15 is 0 Å². The summed E-state index contributed by atoms with van der Waals surface area (Å²) in [4.78, 5) is 25.4. The highest BCUT2D eigenvalue weighted by atomic mass is 31.2. The molecule has 0 saturated carbocycles. The van der Waals surface area contributed by atoms with Gasteiger partial charge in [0.25, 0.3) is 0 Å². The minimum Gasteiger partial charge on any atom is -0.854 e. The summed E-state index contributed by atoms with van der Waals surface area (Å²) in [7, 11) is 2.69. The topological polar surface area (TPSA) is 95.6 Å². The molecule has 3 heterocycles. The van der Waals surface area contributed by atoms with Crippen LogP contribution in [-0.2, 0) is 40.8 Å². The number of rotatable bonds is 3. The predicted molar refractivity (Wildman–Crippen MR) is 101 cm³/mol. The molecule has 0 N–H and O–H groups in total. The van der Waals surface area contributed by atoms with Gasteiger partial charge in [0, 0.05) is 0 Å². The molecular formula is C18H33N6O3P. The third-order valence-corrected chi connectivity index (χ3v) is 3.57. The Hall–Kier alpha value is -2.06. The normalized spacial score (nSPS) is 9.64. The summed E-state index contributed by atoms with van der Waals surface area (Å²) in [6.45, 7) is 9.54. The minimum absolute atomic E-state index is 1.06. The van der Waals surface area contributed by atoms with Gasteiger partial charge in [-0.15, -0.1) is 0 Å². The number of aryl methyl sites for hydroxylation is 6. The average molecular weight is 412 g/mol. The van der Waals surface area contributed by atoms with Gasteiger partial charge in [0.1, 0.15) is 37.2 Å². The molecule has 0 aliphatic carbocycles. The highest BCUT2D eigenvalue weighted by Gasteiger charge is 1.93. The monoisotopic (exact) mass is 412 g/mol. The summed E-state index contributed by atoms with van der Waals surface area (Å²) in [6, 6.07) is 0. The second-order valence-electron chi connectivity index (χ2n) is 5.95. The van der Waals surface area contributed by atoms with Crippen LogP contribution >= 0.6 is 8.60 Å². The SMILES string of the molecule is CCn1cc[n+](C)c1.CCn1cc[n+](C)c1.CCn1cc[n+](C)c1.[O-]P([O-])[O-]. The molecule has 0 spiro atoms. The maximum absolute atomic E-state index is 8.48. The van der Waals surface area contributed by atoms with Crippen LogP contribution in [0.3, 0.4) is 0 Å². The van der Waals surface area contributed by atoms with E-state index in [1.54, 1.807) is 0 Å². The fourth-order valence-corrected chi connectivity index (χ4v) is 2.07. The van der Waals surface area contributed by atoms with E-state index in [1.165, 1.54) is 0 Å². The lowest BCUT2D eigenvalue weighted by molar-refractivity contribution is -0.671. The summed E-state index contributed by atoms with van der Waals surface area (Å²) < 4.78 is 12.5. The van der Waals surface area contributed by atoms with Crippen molar-refractivity contribution in [3.63, 3.8) is 0 Å². The first-order chi connectivity index (χ1) is 13.2. The van der Waals surface area contributed by atoms with Gasteiger partial charge in [0.05, 0.1) is 40.8 Å². The van der Waals surface area contributed by atoms with Crippen LogP contribution in [0.15, 0.2) is 56.2 Å². The molecule has 0 aromatic carbocycles. The highest BCUT2D eigenvalue weighted by molar-refractivity contribution is 7.33. The number of hydrogen-bond donors (Lipinski definition) is 0. The van der Waals surface area contributed by atoms with Crippen molar-refractivity contribution in [3.05, 3.63) is 56.2 Å². The van der Waals surface area contributed by atoms with Crippen LogP contribution in [0.5, 0.6) is 0 Å². The van der Waals surface area contributed by atoms with E-state index in [-0.39, 0.29) is 0 Å². The summed E-state index contributed by atoms with van der Waals surface area (Å²) in [5.41, 5.74) is 0. The molecule has 0 bridgehead atoms. The Balaban J connectivity index is 0.000000358. The van der Waals surface area contributed by atoms with Crippen LogP contribution in [0.2, 0.25) is 0 Å². The van der Waals surface area contributed by atoms with E-state index in [2.05, 4.69) is 72.0 Å². The molecule has 3 aromatic rings. The van der Waals surface area contributed by atoms with Gasteiger partial charge in [-0.1, -0.05) is 0 Å². The predicted octanol–water partition coefficient (Wildman–Crippen LogP) is -1.71. The summed E-state index contributed by atoms with van der Waals surface area (Å²) in [5.74, 6) is 0. The van der Waals surface area contributed by atoms with Gasteiger partial charge in [-0.3, -0.25) is 0 Å². The van der Waals surface area contributed by atoms with E-state index in [9.17, 15) is 0 Å². The Labute approximate surface area is 169 Å². The molecule has 0 amide bonds. The Morgan fingerprint density at radius 3 is 0.893 bits per heavy atom. The van der Waals surface area contributed by atoms with Crippen molar-refractivity contribution < 1.29 is 28.4 Å². The minimum atomic E-state index is -3.37. The molecule has 3 aromatic heterocycles. The second kappa shape index (κ2) is 14.9. The third kappa shape index (κ3) is 13.2. The lowest BCUT2D eigenvalue weighted by Crippen LogP contribution is -2.23. The van der Waals surface area contributed by atoms with Crippen LogP contribution in [0.1, 0.15) is 20.8 Å². The first-order valence-electron chi connectivity index (χ1n) is 9.06. The van der Waals surface area contributed by atoms with Crippen molar-refractivity contribution >= 4 is 8.60 Å². The van der Waals surface area contributed by atoms with Crippen molar-refractivity contribution in [2.75, 3.05) is 0 Å². The zero-order valence-corrected chi connectivity index (χ0v) is 18.6. The summed E-state index contributed by atoms with van der Waals surface area (Å²) in [5, 5.41) is 0. The Bertz CT molecular complexity index is 655. The van der Waals surface area contributed by atoms with Gasteiger partial charge in [-0.2, -0.15) is 0 Å². The van der Waals surface area contributed by atoms with Crippen molar-refractivity contribution in [3.8, 4) is 0 Å². The summed E-state index contributed by atoms with van der Waals surface area (Å²) in [6.07, 6.45) is 18.4. The zero-order chi connectivity index (χ0) is 21.5. The molecular weight excluding hydrogens is 379 g/mol. The first kappa shape index (κ1) is 25.9. The first-order valence-corrected chi connectivity index (χ1v) is 10.2. The molecule has 3 rings (SSSR count). The molecule has 28 heavy (non-hydrogen) atoms. The Morgan fingerprint density at radius 2 is 0.821 bits per heavy atom. The van der Waals surface area contributed by atoms with E-state index in [0.29, 0.717) is 0 Å². The third-order valence-electron chi connectivity index (χ3n) is 3.57. The average Bonchev–Trinajstić information content (AvgIpc) is 3.36. The number of hydrogen-bond acceptors (Lipinski definition) is 3. The molecule has 0 saturated heterocycles. The number of nitrogens with zero attached hydrogens (tertiary/aromatic N) is 6. The van der Waals surface area contributed by atoms with Gasteiger partial charge < -0.3 is 23.3 Å². The van der Waals surface area contributed by atoms with E-state index in [1.807, 2.05) is 53.4 Å². The molecule has 0 fully saturated rings. The van der Waals surface area contributed by atoms with E-state index in [4.69, 9.17) is 14.7 Å². The van der Waals surface area contributed by atoms with E-state index in [0.717, 1.165) is 19.6 Å². The largest absolute Gasteiger partial charge is 0.854 e. The van der Waals surface area contributed by atoms with Crippen LogP contribution < -0.4 is 28.4 Å². The number of imidazole rings is 3. The van der Waals surface area contributed by atoms with Crippen molar-refractivity contribution in [1.82, 2.24) is 13.7 Å². The van der Waals surface area contributed by atoms with Gasteiger partial charge in [0.2, 0.25) is 19.0 Å². The van der Waals surface area contributed by atoms with Crippen molar-refractivity contribution in [1.29, 1.82) is 0 Å². The van der Waals surface area contributed by atoms with Crippen molar-refractivity contribution in [2.24, 2.45) is 21.1 Å². The Kier molecular flexibility index (Phi) is 13.8. The van der Waals surface area contributed by atoms with Crippen LogP contribution in [0.4, 0.5) is 0 Å². The molecule has 0 radical (unpaired) electrons. The van der Waals surface area contributed by atoms with Gasteiger partial charge in [-0.25, -0.2) is 27.4 Å². The maximum Gasteiger partial charge on any atom is 0.243 e. The van der Waals surface area contributed by atoms with Crippen LogP contribution in [0.25, 0.3) is 0 Å². The quantitative estimate of drug-likeness (QED) is 0.379. The lowest BCUT2D eigenvalue weighted by atomic mass is 10.7. The molecule has 0 unspecified atom stereocenters. The highest BCUT2D eigenvalue weighted by Crippen LogP contribution is 1.85. The smallest absolute Gasteiger partial charge is 0.243 e. The summed E-state index contributed by atoms with van der Waals surface area (Å²) >= 11 is 0. The van der Waals surface area contributed by atoms with Crippen LogP contribution in [-0.4, -0.2) is 13.7 Å². The zero-order valence-electron chi connectivity index (χ0n) is 17.7. The van der Waals surface area contributed by atoms with E-state index < -0.39 is 8.60 Å². The fraction of sp³-hybridized carbons (Fsp3) is 0.500. The standard InChI is InChI=1S/3C6H11N2.O3P/c3*1-3-8-5-4-7(2)6-8;1-4(2)3/h3*4-6H,3H2,1-2H3;/q3*+1;-3. The van der Waals surface area contributed by atoms with Gasteiger partial charge in [-0.05, 0) is 20.8 Å². The second-order valence-corrected chi connectivity index (χ2v) is 6.40. The molecule has 9 nitrogen and oxygen atoms in total. The molecule has 0 aliphatic rings. The fourth-order valence-electron chi connectivity index (χ4n) is 2.07. The lowest BCUT2D eigenvalue weighted by Gasteiger charge is -2.39. The van der Waals surface area contributed by atoms with Crippen molar-refractivity contribution in [2.45, 2.75) is 40.4 Å². The molecule has 0 aliphatic heterocycles. The van der Waals surface area contributed by atoms with Crippen LogP contribution in [0, 0.1) is 0 Å². The molecule has 0 atom stereocenters. The molecule has 10 heteroatoms. The van der Waals surface area contributed by atoms with Gasteiger partial charge >= 0.3 is 0 Å². The maximum atomic E-state index is 8.48. The van der Waals surface area contributed by atoms with Gasteiger partial charge in [0.15, 0.2) is 0 Å². The molecule has 158 valence electrons. The number of aromatic nitrogens is 6. The Morgan fingerprint density at radius 1 is 0.607 bits per heavy atom.